The van der Waals surface area contributed by atoms with Crippen LogP contribution in [0.25, 0.3) is 0 Å². The molecule has 0 spiro atoms. The van der Waals surface area contributed by atoms with E-state index in [2.05, 4.69) is 33.4 Å². The predicted octanol–water partition coefficient (Wildman–Crippen LogP) is 2.91. The van der Waals surface area contributed by atoms with E-state index in [1.807, 2.05) is 0 Å². The summed E-state index contributed by atoms with van der Waals surface area (Å²) < 4.78 is 2.07. The Labute approximate surface area is 153 Å². The van der Waals surface area contributed by atoms with Crippen molar-refractivity contribution in [1.29, 1.82) is 0 Å². The van der Waals surface area contributed by atoms with Crippen LogP contribution in [0.1, 0.15) is 26.7 Å². The van der Waals surface area contributed by atoms with Crippen molar-refractivity contribution >= 4 is 56.6 Å². The largest absolute Gasteiger partial charge is 0.343 e. The van der Waals surface area contributed by atoms with Crippen LogP contribution in [-0.2, 0) is 0 Å². The maximum Gasteiger partial charge on any atom is 0.138 e. The zero-order valence-electron chi connectivity index (χ0n) is 13.5. The first-order valence-electron chi connectivity index (χ1n) is 7.92. The average Bonchev–Trinajstić information content (AvgIpc) is 2.51. The molecule has 22 heavy (non-hydrogen) atoms. The lowest BCUT2D eigenvalue weighted by Crippen LogP contribution is -2.51. The first-order chi connectivity index (χ1) is 10.6. The van der Waals surface area contributed by atoms with Gasteiger partial charge in [-0.3, -0.25) is 9.80 Å². The van der Waals surface area contributed by atoms with Crippen molar-refractivity contribution in [1.82, 2.24) is 19.6 Å². The molecular formula is C14H26N4S4. The minimum absolute atomic E-state index is 0.964. The molecule has 0 aromatic carbocycles. The van der Waals surface area contributed by atoms with Crippen molar-refractivity contribution in [2.75, 3.05) is 51.3 Å². The summed E-state index contributed by atoms with van der Waals surface area (Å²) in [6.45, 7) is 10.6. The number of nitrogens with zero attached hydrogens (tertiary/aromatic N) is 4. The molecule has 2 saturated heterocycles. The van der Waals surface area contributed by atoms with Crippen molar-refractivity contribution < 1.29 is 0 Å². The normalized spacial score (nSPS) is 21.7. The standard InChI is InChI=1S/C14H26N4S4/c1-3-5-15-9-17(13(19)21-11-15)7-8-18-10-16(6-4-2)12-22-14(18)20/h3-12H2,1-2H3. The van der Waals surface area contributed by atoms with Gasteiger partial charge in [0.25, 0.3) is 0 Å². The highest BCUT2D eigenvalue weighted by molar-refractivity contribution is 8.23. The molecule has 2 heterocycles. The Morgan fingerprint density at radius 2 is 1.18 bits per heavy atom. The quantitative estimate of drug-likeness (QED) is 0.619. The highest BCUT2D eigenvalue weighted by atomic mass is 32.2. The van der Waals surface area contributed by atoms with E-state index in [9.17, 15) is 0 Å². The third-order valence-corrected chi connectivity index (χ3v) is 6.94. The summed E-state index contributed by atoms with van der Waals surface area (Å²) >= 11 is 14.6. The molecule has 0 aromatic rings. The number of hydrogen-bond donors (Lipinski definition) is 0. The topological polar surface area (TPSA) is 13.0 Å². The Morgan fingerprint density at radius 3 is 1.55 bits per heavy atom. The predicted molar refractivity (Wildman–Crippen MR) is 107 cm³/mol. The van der Waals surface area contributed by atoms with Gasteiger partial charge in [0.1, 0.15) is 8.64 Å². The average molecular weight is 379 g/mol. The molecule has 0 unspecified atom stereocenters. The van der Waals surface area contributed by atoms with Gasteiger partial charge in [0.05, 0.1) is 25.1 Å². The molecular weight excluding hydrogens is 352 g/mol. The van der Waals surface area contributed by atoms with Crippen LogP contribution in [0.2, 0.25) is 0 Å². The van der Waals surface area contributed by atoms with E-state index in [1.165, 1.54) is 12.8 Å². The minimum Gasteiger partial charge on any atom is -0.343 e. The van der Waals surface area contributed by atoms with Crippen LogP contribution < -0.4 is 0 Å². The second-order valence-electron chi connectivity index (χ2n) is 5.68. The summed E-state index contributed by atoms with van der Waals surface area (Å²) in [6, 6.07) is 0. The zero-order valence-corrected chi connectivity index (χ0v) is 16.8. The Balaban J connectivity index is 1.82. The highest BCUT2D eigenvalue weighted by Crippen LogP contribution is 2.21. The minimum atomic E-state index is 0.964. The van der Waals surface area contributed by atoms with Crippen molar-refractivity contribution in [3.8, 4) is 0 Å². The lowest BCUT2D eigenvalue weighted by molar-refractivity contribution is 0.177. The van der Waals surface area contributed by atoms with Gasteiger partial charge in [-0.25, -0.2) is 0 Å². The Kier molecular flexibility index (Phi) is 8.21. The van der Waals surface area contributed by atoms with Crippen LogP contribution in [0, 0.1) is 0 Å². The number of rotatable bonds is 7. The maximum atomic E-state index is 5.52. The fourth-order valence-electron chi connectivity index (χ4n) is 2.62. The van der Waals surface area contributed by atoms with E-state index in [4.69, 9.17) is 24.4 Å². The fraction of sp³-hybridized carbons (Fsp3) is 0.857. The molecule has 8 heteroatoms. The number of thiocarbonyl (C=S) groups is 2. The molecule has 0 bridgehead atoms. The summed E-state index contributed by atoms with van der Waals surface area (Å²) in [5.74, 6) is 2.07. The van der Waals surface area contributed by atoms with E-state index >= 15 is 0 Å². The molecule has 0 saturated carbocycles. The van der Waals surface area contributed by atoms with Gasteiger partial charge in [-0.1, -0.05) is 61.8 Å². The molecule has 126 valence electrons. The van der Waals surface area contributed by atoms with Gasteiger partial charge in [-0.15, -0.1) is 0 Å². The Bertz CT molecular complexity index is 357. The van der Waals surface area contributed by atoms with E-state index in [0.717, 1.165) is 59.9 Å². The second kappa shape index (κ2) is 9.64. The third-order valence-electron chi connectivity index (χ3n) is 3.72. The van der Waals surface area contributed by atoms with E-state index in [-0.39, 0.29) is 0 Å². The van der Waals surface area contributed by atoms with Crippen molar-refractivity contribution in [2.45, 2.75) is 26.7 Å². The summed E-state index contributed by atoms with van der Waals surface area (Å²) in [6.07, 6.45) is 2.39. The first-order valence-corrected chi connectivity index (χ1v) is 10.7. The van der Waals surface area contributed by atoms with Gasteiger partial charge < -0.3 is 9.80 Å². The van der Waals surface area contributed by atoms with Crippen LogP contribution in [0.15, 0.2) is 0 Å². The molecule has 2 aliphatic heterocycles. The lowest BCUT2D eigenvalue weighted by atomic mass is 10.4. The van der Waals surface area contributed by atoms with Gasteiger partial charge in [-0.2, -0.15) is 0 Å². The van der Waals surface area contributed by atoms with Crippen molar-refractivity contribution in [3.63, 3.8) is 0 Å². The summed E-state index contributed by atoms with van der Waals surface area (Å²) in [5, 5.41) is 0. The molecule has 0 aliphatic carbocycles. The monoisotopic (exact) mass is 378 g/mol. The van der Waals surface area contributed by atoms with Crippen LogP contribution in [0.4, 0.5) is 0 Å². The molecule has 2 aliphatic rings. The summed E-state index contributed by atoms with van der Waals surface area (Å²) in [4.78, 5) is 9.58. The SMILES string of the molecule is CCCN1CSC(=S)N(CCN2CN(CCC)CSC2=S)C1. The van der Waals surface area contributed by atoms with Gasteiger partial charge in [0.2, 0.25) is 0 Å². The number of thioether (sulfide) groups is 2. The van der Waals surface area contributed by atoms with E-state index in [1.54, 1.807) is 23.5 Å². The Hall–Kier alpha value is 0.400. The van der Waals surface area contributed by atoms with E-state index < -0.39 is 0 Å². The molecule has 0 N–H and O–H groups in total. The molecule has 4 nitrogen and oxygen atoms in total. The first kappa shape index (κ1) is 18.7. The molecule has 0 atom stereocenters. The highest BCUT2D eigenvalue weighted by Gasteiger charge is 2.24. The van der Waals surface area contributed by atoms with Crippen LogP contribution in [0.3, 0.4) is 0 Å². The number of hydrogen-bond acceptors (Lipinski definition) is 6. The van der Waals surface area contributed by atoms with Gasteiger partial charge >= 0.3 is 0 Å². The molecule has 0 radical (unpaired) electrons. The Morgan fingerprint density at radius 1 is 0.773 bits per heavy atom. The fourth-order valence-corrected chi connectivity index (χ4v) is 4.91. The maximum absolute atomic E-state index is 5.52. The zero-order chi connectivity index (χ0) is 15.9. The van der Waals surface area contributed by atoms with Gasteiger partial charge in [-0.05, 0) is 12.8 Å². The second-order valence-corrected chi connectivity index (χ2v) is 8.83. The van der Waals surface area contributed by atoms with Crippen LogP contribution in [0.5, 0.6) is 0 Å². The van der Waals surface area contributed by atoms with Gasteiger partial charge in [0, 0.05) is 26.2 Å². The van der Waals surface area contributed by atoms with Crippen molar-refractivity contribution in [3.05, 3.63) is 0 Å². The van der Waals surface area contributed by atoms with Gasteiger partial charge in [0.15, 0.2) is 0 Å². The van der Waals surface area contributed by atoms with E-state index in [0.29, 0.717) is 0 Å². The molecule has 0 amide bonds. The molecule has 0 aromatic heterocycles. The summed E-state index contributed by atoms with van der Waals surface area (Å²) in [5.41, 5.74) is 0. The lowest BCUT2D eigenvalue weighted by Gasteiger charge is -2.40. The van der Waals surface area contributed by atoms with Crippen LogP contribution >= 0.6 is 48.0 Å². The smallest absolute Gasteiger partial charge is 0.138 e. The van der Waals surface area contributed by atoms with Crippen LogP contribution in [-0.4, -0.2) is 79.5 Å². The molecule has 2 fully saturated rings. The third kappa shape index (κ3) is 5.49. The summed E-state index contributed by atoms with van der Waals surface area (Å²) in [7, 11) is 0. The van der Waals surface area contributed by atoms with Crippen molar-refractivity contribution in [2.24, 2.45) is 0 Å². The molecule has 2 rings (SSSR count).